The van der Waals surface area contributed by atoms with Crippen molar-refractivity contribution < 1.29 is 14.3 Å². The number of thioether (sulfide) groups is 1. The molecule has 0 radical (unpaired) electrons. The molecule has 0 aromatic heterocycles. The van der Waals surface area contributed by atoms with E-state index in [1.165, 1.54) is 31.0 Å². The van der Waals surface area contributed by atoms with Gasteiger partial charge in [-0.2, -0.15) is 0 Å². The molecule has 20 heavy (non-hydrogen) atoms. The number of aliphatic imine (C=N–C) groups is 1. The van der Waals surface area contributed by atoms with E-state index < -0.39 is 6.09 Å². The summed E-state index contributed by atoms with van der Waals surface area (Å²) in [5, 5.41) is 0.387. The van der Waals surface area contributed by atoms with Gasteiger partial charge in [0.15, 0.2) is 0 Å². The fourth-order valence-electron chi connectivity index (χ4n) is 1.73. The first-order valence-electron chi connectivity index (χ1n) is 7.41. The molecule has 0 aliphatic rings. The Hall–Kier alpha value is -0.710. The summed E-state index contributed by atoms with van der Waals surface area (Å²) in [5.74, 6) is 1.41. The average molecular weight is 303 g/mol. The normalized spacial score (nSPS) is 13.4. The molecule has 0 aliphatic carbocycles. The Labute approximate surface area is 127 Å². The molecule has 1 atom stereocenters. The Balaban J connectivity index is 3.86. The van der Waals surface area contributed by atoms with Gasteiger partial charge in [-0.3, -0.25) is 0 Å². The predicted molar refractivity (Wildman–Crippen MR) is 86.4 cm³/mol. The zero-order valence-corrected chi connectivity index (χ0v) is 14.3. The Kier molecular flexibility index (Phi) is 11.6. The molecule has 0 heterocycles. The van der Waals surface area contributed by atoms with Crippen molar-refractivity contribution in [1.82, 2.24) is 0 Å². The molecule has 0 rings (SSSR count). The SMILES string of the molecule is CCOC(=O)/N=C(\OCCC(C)CCCC(C)C)SC. The molecule has 1 unspecified atom stereocenters. The standard InChI is InChI=1S/C15H29NO3S/c1-6-18-14(17)16-15(20-5)19-11-10-13(4)9-7-8-12(2)3/h12-13H,6-11H2,1-5H3/b16-15+. The smallest absolute Gasteiger partial charge is 0.437 e. The maximum atomic E-state index is 11.2. The Morgan fingerprint density at radius 2 is 1.85 bits per heavy atom. The largest absolute Gasteiger partial charge is 0.473 e. The third-order valence-electron chi connectivity index (χ3n) is 2.94. The second-order valence-electron chi connectivity index (χ2n) is 5.35. The molecule has 0 aromatic rings. The Bertz CT molecular complexity index is 293. The molecule has 0 saturated heterocycles. The fourth-order valence-corrected chi connectivity index (χ4v) is 2.10. The van der Waals surface area contributed by atoms with Crippen molar-refractivity contribution in [2.45, 2.75) is 53.4 Å². The first-order valence-corrected chi connectivity index (χ1v) is 8.64. The van der Waals surface area contributed by atoms with E-state index in [0.717, 1.165) is 12.3 Å². The fraction of sp³-hybridized carbons (Fsp3) is 0.867. The first-order chi connectivity index (χ1) is 9.49. The molecular formula is C15H29NO3S. The minimum atomic E-state index is -0.582. The van der Waals surface area contributed by atoms with Crippen LogP contribution >= 0.6 is 11.8 Å². The van der Waals surface area contributed by atoms with E-state index in [4.69, 9.17) is 9.47 Å². The van der Waals surface area contributed by atoms with Crippen molar-refractivity contribution in [1.29, 1.82) is 0 Å². The van der Waals surface area contributed by atoms with Gasteiger partial charge in [0.2, 0.25) is 0 Å². The van der Waals surface area contributed by atoms with Crippen LogP contribution in [0.2, 0.25) is 0 Å². The third-order valence-corrected chi connectivity index (χ3v) is 3.50. The predicted octanol–water partition coefficient (Wildman–Crippen LogP) is 4.73. The summed E-state index contributed by atoms with van der Waals surface area (Å²) in [6.07, 6.45) is 6.02. The maximum absolute atomic E-state index is 11.2. The van der Waals surface area contributed by atoms with E-state index in [1.807, 2.05) is 6.26 Å². The molecule has 0 N–H and O–H groups in total. The van der Waals surface area contributed by atoms with Gasteiger partial charge >= 0.3 is 6.09 Å². The molecule has 0 fully saturated rings. The molecular weight excluding hydrogens is 274 g/mol. The van der Waals surface area contributed by atoms with Crippen molar-refractivity contribution in [3.05, 3.63) is 0 Å². The van der Waals surface area contributed by atoms with Crippen LogP contribution in [0.3, 0.4) is 0 Å². The lowest BCUT2D eigenvalue weighted by molar-refractivity contribution is 0.162. The van der Waals surface area contributed by atoms with Gasteiger partial charge in [0.05, 0.1) is 13.2 Å². The second kappa shape index (κ2) is 12.1. The zero-order chi connectivity index (χ0) is 15.4. The molecule has 4 nitrogen and oxygen atoms in total. The average Bonchev–Trinajstić information content (AvgIpc) is 2.37. The molecule has 0 spiro atoms. The van der Waals surface area contributed by atoms with Crippen molar-refractivity contribution in [2.75, 3.05) is 19.5 Å². The van der Waals surface area contributed by atoms with Gasteiger partial charge in [0.25, 0.3) is 5.23 Å². The highest BCUT2D eigenvalue weighted by Crippen LogP contribution is 2.15. The zero-order valence-electron chi connectivity index (χ0n) is 13.5. The quantitative estimate of drug-likeness (QED) is 0.480. The van der Waals surface area contributed by atoms with Crippen LogP contribution in [0.4, 0.5) is 4.79 Å². The van der Waals surface area contributed by atoms with Gasteiger partial charge in [-0.05, 0) is 31.4 Å². The first kappa shape index (κ1) is 19.3. The molecule has 0 saturated carbocycles. The van der Waals surface area contributed by atoms with Gasteiger partial charge < -0.3 is 9.47 Å². The summed E-state index contributed by atoms with van der Waals surface area (Å²) < 4.78 is 10.3. The van der Waals surface area contributed by atoms with E-state index in [0.29, 0.717) is 24.4 Å². The summed E-state index contributed by atoms with van der Waals surface area (Å²) in [6, 6.07) is 0. The van der Waals surface area contributed by atoms with Crippen LogP contribution in [0.1, 0.15) is 53.4 Å². The number of carbonyl (C=O) groups is 1. The van der Waals surface area contributed by atoms with Crippen LogP contribution in [0.15, 0.2) is 4.99 Å². The lowest BCUT2D eigenvalue weighted by Gasteiger charge is -2.13. The van der Waals surface area contributed by atoms with Crippen LogP contribution in [0.25, 0.3) is 0 Å². The number of hydrogen-bond donors (Lipinski definition) is 0. The molecule has 0 bridgehead atoms. The van der Waals surface area contributed by atoms with E-state index in [1.54, 1.807) is 6.92 Å². The number of hydrogen-bond acceptors (Lipinski definition) is 4. The van der Waals surface area contributed by atoms with Crippen LogP contribution in [-0.4, -0.2) is 30.8 Å². The van der Waals surface area contributed by atoms with Crippen molar-refractivity contribution in [3.8, 4) is 0 Å². The van der Waals surface area contributed by atoms with E-state index in [9.17, 15) is 4.79 Å². The minimum Gasteiger partial charge on any atom is -0.473 e. The number of amides is 1. The van der Waals surface area contributed by atoms with Crippen LogP contribution < -0.4 is 0 Å². The number of carbonyl (C=O) groups excluding carboxylic acids is 1. The summed E-state index contributed by atoms with van der Waals surface area (Å²) in [4.78, 5) is 15.0. The molecule has 1 amide bonds. The summed E-state index contributed by atoms with van der Waals surface area (Å²) in [7, 11) is 0. The summed E-state index contributed by atoms with van der Waals surface area (Å²) in [5.41, 5.74) is 0. The van der Waals surface area contributed by atoms with Gasteiger partial charge in [-0.1, -0.05) is 51.8 Å². The van der Waals surface area contributed by atoms with E-state index in [2.05, 4.69) is 25.8 Å². The molecule has 0 aliphatic heterocycles. The molecule has 5 heteroatoms. The number of nitrogens with zero attached hydrogens (tertiary/aromatic N) is 1. The summed E-state index contributed by atoms with van der Waals surface area (Å²) >= 11 is 1.32. The van der Waals surface area contributed by atoms with Crippen LogP contribution in [0, 0.1) is 11.8 Å². The number of rotatable bonds is 8. The monoisotopic (exact) mass is 303 g/mol. The molecule has 118 valence electrons. The lowest BCUT2D eigenvalue weighted by atomic mass is 9.98. The van der Waals surface area contributed by atoms with Crippen molar-refractivity contribution in [2.24, 2.45) is 16.8 Å². The Morgan fingerprint density at radius 3 is 2.40 bits per heavy atom. The second-order valence-corrected chi connectivity index (χ2v) is 6.11. The van der Waals surface area contributed by atoms with Gasteiger partial charge in [-0.25, -0.2) is 4.79 Å². The Morgan fingerprint density at radius 1 is 1.15 bits per heavy atom. The third kappa shape index (κ3) is 11.1. The topological polar surface area (TPSA) is 47.9 Å². The molecule has 0 aromatic carbocycles. The van der Waals surface area contributed by atoms with E-state index >= 15 is 0 Å². The van der Waals surface area contributed by atoms with Crippen molar-refractivity contribution >= 4 is 23.1 Å². The van der Waals surface area contributed by atoms with Crippen LogP contribution in [-0.2, 0) is 9.47 Å². The lowest BCUT2D eigenvalue weighted by Crippen LogP contribution is -2.09. The van der Waals surface area contributed by atoms with Crippen LogP contribution in [0.5, 0.6) is 0 Å². The van der Waals surface area contributed by atoms with Gasteiger partial charge in [-0.15, -0.1) is 4.99 Å². The van der Waals surface area contributed by atoms with Gasteiger partial charge in [0.1, 0.15) is 0 Å². The van der Waals surface area contributed by atoms with Gasteiger partial charge in [0, 0.05) is 0 Å². The number of ether oxygens (including phenoxy) is 2. The highest BCUT2D eigenvalue weighted by molar-refractivity contribution is 8.13. The highest BCUT2D eigenvalue weighted by Gasteiger charge is 2.07. The maximum Gasteiger partial charge on any atom is 0.437 e. The summed E-state index contributed by atoms with van der Waals surface area (Å²) in [6.45, 7) is 9.43. The minimum absolute atomic E-state index is 0.330. The van der Waals surface area contributed by atoms with E-state index in [-0.39, 0.29) is 0 Å². The van der Waals surface area contributed by atoms with Crippen molar-refractivity contribution in [3.63, 3.8) is 0 Å². The highest BCUT2D eigenvalue weighted by atomic mass is 32.2.